The van der Waals surface area contributed by atoms with Crippen LogP contribution in [-0.2, 0) is 33.2 Å². The average molecular weight is 947 g/mol. The number of hydrogen-bond acceptors (Lipinski definition) is 19. The van der Waals surface area contributed by atoms with Crippen LogP contribution in [0, 0.1) is 44.8 Å². The SMILES string of the molecule is CC(C)(O[C@@H]1O[C@H](CO)[C@@H](O)[C@H](O)[C@H]1O)[C@@H]1CC[C@](C)([C@H]2[C@@H](O)C[C@@]3(C)C4C[C@H](O[C@@H]5O[C@H](CO)[C@@H](O)[C@H](O)[C@H]5O)C5C(C)(C)[C@@H](O[C@@H]6OC[C@@H](O)[C@H](O)[C@H]6O)CCC56CC46CC[C@]23C)O1. The van der Waals surface area contributed by atoms with Crippen molar-refractivity contribution in [2.75, 3.05) is 19.8 Å². The van der Waals surface area contributed by atoms with Gasteiger partial charge in [0.1, 0.15) is 67.1 Å². The second kappa shape index (κ2) is 16.9. The van der Waals surface area contributed by atoms with Gasteiger partial charge in [0.05, 0.1) is 55.4 Å². The van der Waals surface area contributed by atoms with Gasteiger partial charge >= 0.3 is 0 Å². The van der Waals surface area contributed by atoms with Gasteiger partial charge in [-0.05, 0) is 117 Å². The molecule has 12 N–H and O–H groups in total. The van der Waals surface area contributed by atoms with Gasteiger partial charge in [0.2, 0.25) is 0 Å². The Morgan fingerprint density at radius 2 is 1.20 bits per heavy atom. The Kier molecular flexibility index (Phi) is 12.9. The van der Waals surface area contributed by atoms with Crippen molar-refractivity contribution in [2.45, 2.75) is 228 Å². The molecular weight excluding hydrogens is 868 g/mol. The van der Waals surface area contributed by atoms with E-state index in [0.29, 0.717) is 32.1 Å². The Labute approximate surface area is 386 Å². The molecule has 9 fully saturated rings. The van der Waals surface area contributed by atoms with E-state index in [1.807, 2.05) is 13.8 Å². The van der Waals surface area contributed by atoms with Crippen LogP contribution in [0.2, 0.25) is 0 Å². The number of rotatable bonds is 10. The summed E-state index contributed by atoms with van der Waals surface area (Å²) in [6, 6.07) is 0. The lowest BCUT2D eigenvalue weighted by atomic mass is 9.41. The lowest BCUT2D eigenvalue weighted by Gasteiger charge is -2.65. The molecule has 2 spiro atoms. The van der Waals surface area contributed by atoms with Crippen LogP contribution in [-0.4, -0.2) is 203 Å². The zero-order valence-corrected chi connectivity index (χ0v) is 39.3. The molecule has 4 heterocycles. The van der Waals surface area contributed by atoms with Crippen LogP contribution in [0.1, 0.15) is 106 Å². The molecule has 9 rings (SSSR count). The smallest absolute Gasteiger partial charge is 0.187 e. The summed E-state index contributed by atoms with van der Waals surface area (Å²) < 4.78 is 44.3. The van der Waals surface area contributed by atoms with Gasteiger partial charge in [-0.15, -0.1) is 0 Å². The number of aliphatic hydroxyl groups excluding tert-OH is 12. The van der Waals surface area contributed by atoms with E-state index in [9.17, 15) is 61.3 Å². The molecule has 0 amide bonds. The fourth-order valence-electron chi connectivity index (χ4n) is 16.4. The quantitative estimate of drug-likeness (QED) is 0.112. The van der Waals surface area contributed by atoms with Crippen LogP contribution in [0.15, 0.2) is 0 Å². The Morgan fingerprint density at radius 3 is 1.83 bits per heavy atom. The highest BCUT2D eigenvalue weighted by molar-refractivity contribution is 5.33. The summed E-state index contributed by atoms with van der Waals surface area (Å²) in [5.74, 6) is -0.523. The summed E-state index contributed by atoms with van der Waals surface area (Å²) in [5, 5.41) is 129. The molecule has 380 valence electrons. The second-order valence-electron chi connectivity index (χ2n) is 23.8. The molecule has 19 nitrogen and oxygen atoms in total. The molecule has 19 heteroatoms. The lowest BCUT2D eigenvalue weighted by molar-refractivity contribution is -0.339. The topological polar surface area (TPSA) is 307 Å². The van der Waals surface area contributed by atoms with Crippen molar-refractivity contribution in [3.8, 4) is 0 Å². The summed E-state index contributed by atoms with van der Waals surface area (Å²) in [4.78, 5) is 0. The molecule has 4 saturated heterocycles. The molecule has 26 atom stereocenters. The number of aliphatic hydroxyl groups is 12. The minimum atomic E-state index is -1.65. The fraction of sp³-hybridized carbons (Fsp3) is 1.00. The molecule has 4 unspecified atom stereocenters. The van der Waals surface area contributed by atoms with Crippen LogP contribution in [0.5, 0.6) is 0 Å². The molecule has 0 radical (unpaired) electrons. The molecule has 5 aliphatic carbocycles. The summed E-state index contributed by atoms with van der Waals surface area (Å²) in [7, 11) is 0. The highest BCUT2D eigenvalue weighted by Gasteiger charge is 2.85. The minimum Gasteiger partial charge on any atom is -0.394 e. The van der Waals surface area contributed by atoms with Gasteiger partial charge in [0, 0.05) is 5.92 Å². The van der Waals surface area contributed by atoms with E-state index in [0.717, 1.165) is 25.7 Å². The minimum absolute atomic E-state index is 0.00898. The Morgan fingerprint density at radius 1 is 0.591 bits per heavy atom. The molecule has 4 aliphatic heterocycles. The van der Waals surface area contributed by atoms with Gasteiger partial charge in [-0.2, -0.15) is 0 Å². The zero-order chi connectivity index (χ0) is 48.1. The van der Waals surface area contributed by atoms with Gasteiger partial charge < -0.3 is 94.4 Å². The van der Waals surface area contributed by atoms with E-state index in [1.54, 1.807) is 0 Å². The summed E-state index contributed by atoms with van der Waals surface area (Å²) in [5.41, 5.74) is -3.88. The zero-order valence-electron chi connectivity index (χ0n) is 39.3. The first-order valence-electron chi connectivity index (χ1n) is 24.4. The third-order valence-corrected chi connectivity index (χ3v) is 19.9. The third-order valence-electron chi connectivity index (χ3n) is 19.9. The second-order valence-corrected chi connectivity index (χ2v) is 23.8. The fourth-order valence-corrected chi connectivity index (χ4v) is 16.4. The van der Waals surface area contributed by atoms with Gasteiger partial charge in [-0.25, -0.2) is 0 Å². The third kappa shape index (κ3) is 7.22. The van der Waals surface area contributed by atoms with Crippen molar-refractivity contribution < 1.29 is 94.4 Å². The first-order valence-corrected chi connectivity index (χ1v) is 24.4. The van der Waals surface area contributed by atoms with E-state index in [1.165, 1.54) is 0 Å². The van der Waals surface area contributed by atoms with E-state index < -0.39 is 151 Å². The summed E-state index contributed by atoms with van der Waals surface area (Å²) >= 11 is 0. The first-order chi connectivity index (χ1) is 30.8. The summed E-state index contributed by atoms with van der Waals surface area (Å²) in [6.07, 6.45) is -16.3. The molecule has 0 bridgehead atoms. The molecule has 0 aromatic heterocycles. The maximum absolute atomic E-state index is 12.5. The Balaban J connectivity index is 1.01. The monoisotopic (exact) mass is 947 g/mol. The van der Waals surface area contributed by atoms with Crippen LogP contribution >= 0.6 is 0 Å². The van der Waals surface area contributed by atoms with E-state index in [4.69, 9.17) is 33.2 Å². The van der Waals surface area contributed by atoms with E-state index in [-0.39, 0.29) is 35.2 Å². The highest BCUT2D eigenvalue weighted by atomic mass is 16.7. The number of hydrogen-bond donors (Lipinski definition) is 12. The van der Waals surface area contributed by atoms with Crippen molar-refractivity contribution in [1.29, 1.82) is 0 Å². The van der Waals surface area contributed by atoms with Crippen molar-refractivity contribution in [1.82, 2.24) is 0 Å². The van der Waals surface area contributed by atoms with Gasteiger partial charge in [-0.3, -0.25) is 0 Å². The lowest BCUT2D eigenvalue weighted by Crippen LogP contribution is -2.65. The van der Waals surface area contributed by atoms with Gasteiger partial charge in [0.25, 0.3) is 0 Å². The van der Waals surface area contributed by atoms with Crippen molar-refractivity contribution in [3.63, 3.8) is 0 Å². The Bertz CT molecular complexity index is 1770. The average Bonchev–Trinajstić information content (AvgIpc) is 3.63. The van der Waals surface area contributed by atoms with Crippen molar-refractivity contribution in [2.24, 2.45) is 44.8 Å². The predicted octanol–water partition coefficient (Wildman–Crippen LogP) is -1.45. The maximum atomic E-state index is 12.5. The van der Waals surface area contributed by atoms with E-state index in [2.05, 4.69) is 34.6 Å². The van der Waals surface area contributed by atoms with E-state index >= 15 is 0 Å². The molecule has 0 aromatic carbocycles. The first kappa shape index (κ1) is 50.2. The molecular formula is C47H78O19. The molecule has 0 aromatic rings. The highest BCUT2D eigenvalue weighted by Crippen LogP contribution is 2.89. The molecule has 66 heavy (non-hydrogen) atoms. The van der Waals surface area contributed by atoms with Crippen LogP contribution in [0.3, 0.4) is 0 Å². The summed E-state index contributed by atoms with van der Waals surface area (Å²) in [6.45, 7) is 13.0. The molecule has 9 aliphatic rings. The molecule has 5 saturated carbocycles. The normalized spacial score (nSPS) is 58.0. The van der Waals surface area contributed by atoms with Crippen LogP contribution in [0.4, 0.5) is 0 Å². The number of fused-ring (bicyclic) bond motifs is 2. The number of ether oxygens (including phenoxy) is 7. The van der Waals surface area contributed by atoms with Crippen LogP contribution < -0.4 is 0 Å². The van der Waals surface area contributed by atoms with Crippen LogP contribution in [0.25, 0.3) is 0 Å². The Hall–Kier alpha value is -0.760. The van der Waals surface area contributed by atoms with Crippen molar-refractivity contribution in [3.05, 3.63) is 0 Å². The predicted molar refractivity (Wildman–Crippen MR) is 226 cm³/mol. The van der Waals surface area contributed by atoms with Gasteiger partial charge in [0.15, 0.2) is 18.9 Å². The van der Waals surface area contributed by atoms with Crippen molar-refractivity contribution >= 4 is 0 Å². The standard InChI is InChI=1S/C47H78O19/c1-41(2)26(64-38-33(57)28(52)21(51)18-60-38)9-11-47-19-46(47)13-12-43(5)36(45(7)10-8-27(65-45)42(3,4)66-40-35(59)32(56)30(54)24(17-49)63-40)20(50)15-44(43,6)25(46)14-22(37(41)47)61-39-34(58)31(55)29(53)23(16-48)62-39/h20-40,48-59H,8-19H2,1-7H3/t20-,21+,22-,23+,24+,25?,26-,27-,28-,29+,30+,31-,32-,33+,34+,35+,36-,37?,38-,39+,40-,43+,44-,45+,46?,47?/m0/s1. The maximum Gasteiger partial charge on any atom is 0.187 e. The van der Waals surface area contributed by atoms with Gasteiger partial charge in [-0.1, -0.05) is 27.7 Å². The largest absolute Gasteiger partial charge is 0.394 e.